The highest BCUT2D eigenvalue weighted by atomic mass is 35.5. The topological polar surface area (TPSA) is 54.9 Å². The fourth-order valence-corrected chi connectivity index (χ4v) is 2.27. The molecular weight excluding hydrogens is 305 g/mol. The normalized spacial score (nSPS) is 10.9. The number of aryl methyl sites for hydroxylation is 1. The van der Waals surface area contributed by atoms with Gasteiger partial charge in [-0.2, -0.15) is 0 Å². The number of nitrogens with one attached hydrogen (secondary N) is 1. The number of nitrogens with zero attached hydrogens (tertiary/aromatic N) is 2. The zero-order chi connectivity index (χ0) is 13.8. The number of halogens is 2. The molecular formula is C12H9Cl2N3OS. The molecule has 0 unspecified atom stereocenters. The third-order valence-corrected chi connectivity index (χ3v) is 3.74. The molecule has 0 radical (unpaired) electrons. The molecule has 19 heavy (non-hydrogen) atoms. The summed E-state index contributed by atoms with van der Waals surface area (Å²) >= 11 is 13.2. The molecule has 0 atom stereocenters. The molecule has 1 aromatic carbocycles. The Kier molecular flexibility index (Phi) is 4.52. The SMILES string of the molecule is Cc1nnc(NC(=O)/C=C/c2cccc(Cl)c2Cl)s1. The summed E-state index contributed by atoms with van der Waals surface area (Å²) in [6.07, 6.45) is 2.96. The largest absolute Gasteiger partial charge is 0.297 e. The van der Waals surface area contributed by atoms with E-state index in [0.717, 1.165) is 5.01 Å². The monoisotopic (exact) mass is 313 g/mol. The van der Waals surface area contributed by atoms with E-state index in [1.54, 1.807) is 24.3 Å². The maximum Gasteiger partial charge on any atom is 0.250 e. The standard InChI is InChI=1S/C12H9Cl2N3OS/c1-7-16-17-12(19-7)15-10(18)6-5-8-3-2-4-9(13)11(8)14/h2-6H,1H3,(H,15,17,18)/b6-5+. The number of benzene rings is 1. The summed E-state index contributed by atoms with van der Waals surface area (Å²) in [6.45, 7) is 1.81. The second kappa shape index (κ2) is 6.14. The first-order chi connectivity index (χ1) is 9.06. The van der Waals surface area contributed by atoms with Crippen LogP contribution < -0.4 is 5.32 Å². The zero-order valence-electron chi connectivity index (χ0n) is 9.85. The van der Waals surface area contributed by atoms with Crippen molar-refractivity contribution in [2.24, 2.45) is 0 Å². The van der Waals surface area contributed by atoms with Crippen molar-refractivity contribution in [3.8, 4) is 0 Å². The van der Waals surface area contributed by atoms with E-state index in [-0.39, 0.29) is 5.91 Å². The molecule has 0 spiro atoms. The number of aromatic nitrogens is 2. The van der Waals surface area contributed by atoms with Gasteiger partial charge in [0.25, 0.3) is 0 Å². The van der Waals surface area contributed by atoms with Crippen LogP contribution in [-0.2, 0) is 4.79 Å². The average Bonchev–Trinajstić information content (AvgIpc) is 2.76. The van der Waals surface area contributed by atoms with Gasteiger partial charge < -0.3 is 0 Å². The maximum absolute atomic E-state index is 11.7. The molecule has 98 valence electrons. The Morgan fingerprint density at radius 3 is 2.84 bits per heavy atom. The number of anilines is 1. The lowest BCUT2D eigenvalue weighted by molar-refractivity contribution is -0.111. The van der Waals surface area contributed by atoms with Crippen molar-refractivity contribution >= 4 is 51.7 Å². The molecule has 1 amide bonds. The molecule has 2 rings (SSSR count). The van der Waals surface area contributed by atoms with E-state index >= 15 is 0 Å². The maximum atomic E-state index is 11.7. The van der Waals surface area contributed by atoms with Crippen molar-refractivity contribution in [1.82, 2.24) is 10.2 Å². The number of amides is 1. The number of carbonyl (C=O) groups excluding carboxylic acids is 1. The van der Waals surface area contributed by atoms with E-state index in [2.05, 4.69) is 15.5 Å². The van der Waals surface area contributed by atoms with Gasteiger partial charge in [-0.05, 0) is 24.6 Å². The van der Waals surface area contributed by atoms with Crippen molar-refractivity contribution in [3.05, 3.63) is 44.9 Å². The zero-order valence-corrected chi connectivity index (χ0v) is 12.2. The van der Waals surface area contributed by atoms with E-state index in [1.807, 2.05) is 6.92 Å². The molecule has 0 aliphatic carbocycles. The van der Waals surface area contributed by atoms with Crippen LogP contribution in [0.1, 0.15) is 10.6 Å². The fourth-order valence-electron chi connectivity index (χ4n) is 1.31. The predicted octanol–water partition coefficient (Wildman–Crippen LogP) is 3.81. The van der Waals surface area contributed by atoms with E-state index in [1.165, 1.54) is 17.4 Å². The van der Waals surface area contributed by atoms with Gasteiger partial charge in [-0.3, -0.25) is 10.1 Å². The molecule has 0 saturated heterocycles. The summed E-state index contributed by atoms with van der Waals surface area (Å²) < 4.78 is 0. The lowest BCUT2D eigenvalue weighted by atomic mass is 10.2. The molecule has 0 fully saturated rings. The van der Waals surface area contributed by atoms with Gasteiger partial charge in [0.2, 0.25) is 11.0 Å². The summed E-state index contributed by atoms with van der Waals surface area (Å²) in [6, 6.07) is 5.22. The Labute approximate surface area is 124 Å². The van der Waals surface area contributed by atoms with E-state index in [4.69, 9.17) is 23.2 Å². The molecule has 4 nitrogen and oxygen atoms in total. The van der Waals surface area contributed by atoms with Crippen LogP contribution in [0, 0.1) is 6.92 Å². The smallest absolute Gasteiger partial charge is 0.250 e. The third kappa shape index (κ3) is 3.76. The summed E-state index contributed by atoms with van der Waals surface area (Å²) in [4.78, 5) is 11.7. The lowest BCUT2D eigenvalue weighted by Crippen LogP contribution is -2.07. The van der Waals surface area contributed by atoms with Crippen molar-refractivity contribution in [2.75, 3.05) is 5.32 Å². The van der Waals surface area contributed by atoms with Crippen LogP contribution >= 0.6 is 34.5 Å². The summed E-state index contributed by atoms with van der Waals surface area (Å²) in [5.41, 5.74) is 0.678. The average molecular weight is 314 g/mol. The molecule has 1 heterocycles. The first-order valence-electron chi connectivity index (χ1n) is 5.29. The Balaban J connectivity index is 2.06. The minimum Gasteiger partial charge on any atom is -0.297 e. The van der Waals surface area contributed by atoms with Gasteiger partial charge in [-0.1, -0.05) is 46.7 Å². The van der Waals surface area contributed by atoms with Crippen molar-refractivity contribution in [1.29, 1.82) is 0 Å². The van der Waals surface area contributed by atoms with Crippen LogP contribution in [0.25, 0.3) is 6.08 Å². The summed E-state index contributed by atoms with van der Waals surface area (Å²) in [5, 5.41) is 12.3. The summed E-state index contributed by atoms with van der Waals surface area (Å²) in [5.74, 6) is -0.299. The molecule has 0 aliphatic rings. The highest BCUT2D eigenvalue weighted by Crippen LogP contribution is 2.26. The van der Waals surface area contributed by atoms with Gasteiger partial charge in [0.15, 0.2) is 0 Å². The first-order valence-corrected chi connectivity index (χ1v) is 6.86. The minimum absolute atomic E-state index is 0.299. The summed E-state index contributed by atoms with van der Waals surface area (Å²) in [7, 11) is 0. The van der Waals surface area contributed by atoms with Crippen molar-refractivity contribution in [3.63, 3.8) is 0 Å². The van der Waals surface area contributed by atoms with Gasteiger partial charge in [-0.15, -0.1) is 10.2 Å². The minimum atomic E-state index is -0.299. The van der Waals surface area contributed by atoms with E-state index in [9.17, 15) is 4.79 Å². The van der Waals surface area contributed by atoms with Crippen molar-refractivity contribution in [2.45, 2.75) is 6.92 Å². The first kappa shape index (κ1) is 14.0. The molecule has 0 bridgehead atoms. The number of rotatable bonds is 3. The van der Waals surface area contributed by atoms with Crippen LogP contribution in [0.5, 0.6) is 0 Å². The number of carbonyl (C=O) groups is 1. The molecule has 2 aromatic rings. The Morgan fingerprint density at radius 2 is 2.16 bits per heavy atom. The quantitative estimate of drug-likeness (QED) is 0.877. The Bertz CT molecular complexity index is 640. The number of hydrogen-bond donors (Lipinski definition) is 1. The highest BCUT2D eigenvalue weighted by molar-refractivity contribution is 7.15. The molecule has 0 aliphatic heterocycles. The molecule has 1 N–H and O–H groups in total. The molecule has 0 saturated carbocycles. The van der Waals surface area contributed by atoms with Gasteiger partial charge in [0.1, 0.15) is 5.01 Å². The van der Waals surface area contributed by atoms with E-state index < -0.39 is 0 Å². The Morgan fingerprint density at radius 1 is 1.37 bits per heavy atom. The van der Waals surface area contributed by atoms with Crippen LogP contribution in [-0.4, -0.2) is 16.1 Å². The second-order valence-corrected chi connectivity index (χ2v) is 5.56. The highest BCUT2D eigenvalue weighted by Gasteiger charge is 2.04. The van der Waals surface area contributed by atoms with Crippen LogP contribution in [0.2, 0.25) is 10.0 Å². The van der Waals surface area contributed by atoms with Gasteiger partial charge in [0.05, 0.1) is 10.0 Å². The Hall–Kier alpha value is -1.43. The van der Waals surface area contributed by atoms with E-state index in [0.29, 0.717) is 20.7 Å². The molecule has 1 aromatic heterocycles. The van der Waals surface area contributed by atoms with Crippen LogP contribution in [0.4, 0.5) is 5.13 Å². The second-order valence-electron chi connectivity index (χ2n) is 3.59. The fraction of sp³-hybridized carbons (Fsp3) is 0.0833. The molecule has 7 heteroatoms. The van der Waals surface area contributed by atoms with Gasteiger partial charge in [0, 0.05) is 6.08 Å². The van der Waals surface area contributed by atoms with Crippen LogP contribution in [0.3, 0.4) is 0 Å². The van der Waals surface area contributed by atoms with Gasteiger partial charge in [-0.25, -0.2) is 0 Å². The predicted molar refractivity (Wildman–Crippen MR) is 78.8 cm³/mol. The van der Waals surface area contributed by atoms with Crippen LogP contribution in [0.15, 0.2) is 24.3 Å². The number of hydrogen-bond acceptors (Lipinski definition) is 4. The lowest BCUT2D eigenvalue weighted by Gasteiger charge is -2.00. The van der Waals surface area contributed by atoms with Gasteiger partial charge >= 0.3 is 0 Å². The third-order valence-electron chi connectivity index (χ3n) is 2.15. The van der Waals surface area contributed by atoms with Crippen molar-refractivity contribution < 1.29 is 4.79 Å².